The van der Waals surface area contributed by atoms with Crippen molar-refractivity contribution in [1.82, 2.24) is 4.98 Å². The smallest absolute Gasteiger partial charge is 0.129 e. The van der Waals surface area contributed by atoms with Gasteiger partial charge in [-0.05, 0) is 36.8 Å². The van der Waals surface area contributed by atoms with Gasteiger partial charge >= 0.3 is 0 Å². The van der Waals surface area contributed by atoms with Crippen LogP contribution in [0.3, 0.4) is 0 Å². The summed E-state index contributed by atoms with van der Waals surface area (Å²) in [6.07, 6.45) is 3.54. The van der Waals surface area contributed by atoms with E-state index in [4.69, 9.17) is 11.6 Å². The van der Waals surface area contributed by atoms with E-state index in [2.05, 4.69) is 31.8 Å². The highest BCUT2D eigenvalue weighted by atomic mass is 35.5. The number of hydrogen-bond acceptors (Lipinski definition) is 1. The monoisotopic (exact) mass is 223 g/mol. The van der Waals surface area contributed by atoms with Crippen molar-refractivity contribution < 1.29 is 0 Å². The van der Waals surface area contributed by atoms with Crippen molar-refractivity contribution in [2.24, 2.45) is 5.92 Å². The van der Waals surface area contributed by atoms with Crippen LogP contribution in [0.4, 0.5) is 0 Å². The van der Waals surface area contributed by atoms with Crippen LogP contribution in [0.2, 0.25) is 5.15 Å². The summed E-state index contributed by atoms with van der Waals surface area (Å²) < 4.78 is 0. The number of hydrogen-bond donors (Lipinski definition) is 0. The fourth-order valence-corrected chi connectivity index (χ4v) is 3.04. The maximum atomic E-state index is 6.00. The van der Waals surface area contributed by atoms with Crippen LogP contribution >= 0.6 is 11.6 Å². The summed E-state index contributed by atoms with van der Waals surface area (Å²) in [5.74, 6) is 0.634. The summed E-state index contributed by atoms with van der Waals surface area (Å²) in [6.45, 7) is 6.85. The van der Waals surface area contributed by atoms with Gasteiger partial charge in [0.2, 0.25) is 0 Å². The Morgan fingerprint density at radius 2 is 2.20 bits per heavy atom. The summed E-state index contributed by atoms with van der Waals surface area (Å²) in [7, 11) is 0. The molecule has 1 aliphatic rings. The lowest BCUT2D eigenvalue weighted by molar-refractivity contribution is 0.287. The Morgan fingerprint density at radius 1 is 1.47 bits per heavy atom. The Hall–Kier alpha value is -0.560. The maximum Gasteiger partial charge on any atom is 0.129 e. The summed E-state index contributed by atoms with van der Waals surface area (Å²) >= 11 is 6.00. The van der Waals surface area contributed by atoms with Gasteiger partial charge in [-0.1, -0.05) is 38.4 Å². The van der Waals surface area contributed by atoms with Crippen LogP contribution in [-0.4, -0.2) is 4.98 Å². The van der Waals surface area contributed by atoms with E-state index in [1.807, 2.05) is 6.07 Å². The molecule has 0 spiro atoms. The fraction of sp³-hybridized carbons (Fsp3) is 0.615. The summed E-state index contributed by atoms with van der Waals surface area (Å²) in [6, 6.07) is 4.05. The molecular formula is C13H18ClN. The Bertz CT molecular complexity index is 373. The SMILES string of the molecule is CC[C@@]1(C(C)C)CCc2ccc(Cl)nc21. The molecule has 82 valence electrons. The number of aryl methyl sites for hydroxylation is 1. The minimum Gasteiger partial charge on any atom is -0.240 e. The molecule has 1 atom stereocenters. The Morgan fingerprint density at radius 3 is 2.80 bits per heavy atom. The molecule has 0 saturated heterocycles. The van der Waals surface area contributed by atoms with E-state index in [-0.39, 0.29) is 5.41 Å². The lowest BCUT2D eigenvalue weighted by Gasteiger charge is -2.32. The van der Waals surface area contributed by atoms with Gasteiger partial charge in [0.1, 0.15) is 5.15 Å². The van der Waals surface area contributed by atoms with Gasteiger partial charge in [0.05, 0.1) is 5.69 Å². The molecule has 15 heavy (non-hydrogen) atoms. The third kappa shape index (κ3) is 1.57. The van der Waals surface area contributed by atoms with Crippen LogP contribution < -0.4 is 0 Å². The summed E-state index contributed by atoms with van der Waals surface area (Å²) in [5, 5.41) is 0.633. The van der Waals surface area contributed by atoms with Gasteiger partial charge in [-0.3, -0.25) is 0 Å². The molecule has 0 radical (unpaired) electrons. The van der Waals surface area contributed by atoms with Gasteiger partial charge in [0.15, 0.2) is 0 Å². The molecule has 1 aromatic rings. The van der Waals surface area contributed by atoms with Crippen molar-refractivity contribution in [3.63, 3.8) is 0 Å². The van der Waals surface area contributed by atoms with Crippen LogP contribution in [0.5, 0.6) is 0 Å². The lowest BCUT2D eigenvalue weighted by atomic mass is 9.73. The zero-order chi connectivity index (χ0) is 11.1. The average molecular weight is 224 g/mol. The third-order valence-corrected chi connectivity index (χ3v) is 4.20. The third-order valence-electron chi connectivity index (χ3n) is 3.99. The molecule has 1 heterocycles. The second-order valence-corrected chi connectivity index (χ2v) is 5.19. The number of halogens is 1. The second-order valence-electron chi connectivity index (χ2n) is 4.81. The second kappa shape index (κ2) is 3.79. The molecule has 0 fully saturated rings. The van der Waals surface area contributed by atoms with Crippen molar-refractivity contribution in [2.45, 2.75) is 45.4 Å². The van der Waals surface area contributed by atoms with Gasteiger partial charge in [-0.2, -0.15) is 0 Å². The van der Waals surface area contributed by atoms with Crippen molar-refractivity contribution in [1.29, 1.82) is 0 Å². The molecule has 0 N–H and O–H groups in total. The molecule has 0 bridgehead atoms. The lowest BCUT2D eigenvalue weighted by Crippen LogP contribution is -2.29. The molecule has 1 aliphatic carbocycles. The zero-order valence-electron chi connectivity index (χ0n) is 9.68. The van der Waals surface area contributed by atoms with E-state index < -0.39 is 0 Å². The van der Waals surface area contributed by atoms with Crippen LogP contribution in [0.1, 0.15) is 44.9 Å². The van der Waals surface area contributed by atoms with Gasteiger partial charge in [0, 0.05) is 5.41 Å². The molecule has 2 rings (SSSR count). The van der Waals surface area contributed by atoms with Crippen LogP contribution in [0.25, 0.3) is 0 Å². The fourth-order valence-electron chi connectivity index (χ4n) is 2.89. The average Bonchev–Trinajstić information content (AvgIpc) is 2.57. The predicted molar refractivity (Wildman–Crippen MR) is 64.4 cm³/mol. The van der Waals surface area contributed by atoms with E-state index in [0.717, 1.165) is 12.8 Å². The highest BCUT2D eigenvalue weighted by Gasteiger charge is 2.41. The highest BCUT2D eigenvalue weighted by molar-refractivity contribution is 6.29. The molecule has 1 aromatic heterocycles. The standard InChI is InChI=1S/C13H18ClN/c1-4-13(9(2)3)8-7-10-5-6-11(14)15-12(10)13/h5-6,9H,4,7-8H2,1-3H3/t13-/m0/s1. The first kappa shape index (κ1) is 10.9. The number of aromatic nitrogens is 1. The molecule has 0 aromatic carbocycles. The van der Waals surface area contributed by atoms with Crippen molar-refractivity contribution in [3.8, 4) is 0 Å². The largest absolute Gasteiger partial charge is 0.240 e. The van der Waals surface area contributed by atoms with Gasteiger partial charge in [-0.15, -0.1) is 0 Å². The highest BCUT2D eigenvalue weighted by Crippen LogP contribution is 2.45. The normalized spacial score (nSPS) is 24.6. The van der Waals surface area contributed by atoms with Crippen molar-refractivity contribution in [2.75, 3.05) is 0 Å². The maximum absolute atomic E-state index is 6.00. The van der Waals surface area contributed by atoms with Crippen molar-refractivity contribution in [3.05, 3.63) is 28.5 Å². The molecule has 0 saturated carbocycles. The topological polar surface area (TPSA) is 12.9 Å². The molecule has 0 aliphatic heterocycles. The number of nitrogens with zero attached hydrogens (tertiary/aromatic N) is 1. The first-order valence-electron chi connectivity index (χ1n) is 5.76. The minimum atomic E-state index is 0.264. The molecule has 0 unspecified atom stereocenters. The van der Waals surface area contributed by atoms with Gasteiger partial charge < -0.3 is 0 Å². The number of rotatable bonds is 2. The Labute approximate surface area is 96.9 Å². The zero-order valence-corrected chi connectivity index (χ0v) is 10.4. The van der Waals surface area contributed by atoms with E-state index >= 15 is 0 Å². The summed E-state index contributed by atoms with van der Waals surface area (Å²) in [4.78, 5) is 4.56. The quantitative estimate of drug-likeness (QED) is 0.691. The summed E-state index contributed by atoms with van der Waals surface area (Å²) in [5.41, 5.74) is 2.92. The van der Waals surface area contributed by atoms with E-state index in [1.54, 1.807) is 0 Å². The Balaban J connectivity index is 2.54. The van der Waals surface area contributed by atoms with Gasteiger partial charge in [0.25, 0.3) is 0 Å². The van der Waals surface area contributed by atoms with Crippen LogP contribution in [-0.2, 0) is 11.8 Å². The number of fused-ring (bicyclic) bond motifs is 1. The molecule has 0 amide bonds. The molecular weight excluding hydrogens is 206 g/mol. The van der Waals surface area contributed by atoms with Crippen LogP contribution in [0.15, 0.2) is 12.1 Å². The van der Waals surface area contributed by atoms with Crippen molar-refractivity contribution >= 4 is 11.6 Å². The van der Waals surface area contributed by atoms with Crippen LogP contribution in [0, 0.1) is 5.92 Å². The molecule has 2 heteroatoms. The first-order valence-corrected chi connectivity index (χ1v) is 6.14. The van der Waals surface area contributed by atoms with Gasteiger partial charge in [-0.25, -0.2) is 4.98 Å². The molecule has 1 nitrogen and oxygen atoms in total. The minimum absolute atomic E-state index is 0.264. The van der Waals surface area contributed by atoms with E-state index in [9.17, 15) is 0 Å². The number of pyridine rings is 1. The van der Waals surface area contributed by atoms with E-state index in [1.165, 1.54) is 17.7 Å². The predicted octanol–water partition coefficient (Wildman–Crippen LogP) is 3.99. The van der Waals surface area contributed by atoms with E-state index in [0.29, 0.717) is 11.1 Å². The first-order chi connectivity index (χ1) is 7.10. The Kier molecular flexibility index (Phi) is 2.76.